The highest BCUT2D eigenvalue weighted by Gasteiger charge is 2.45. The Hall–Kier alpha value is -2.19. The molecule has 1 heterocycles. The van der Waals surface area contributed by atoms with Crippen molar-refractivity contribution in [3.05, 3.63) is 35.4 Å². The van der Waals surface area contributed by atoms with Crippen LogP contribution in [0.5, 0.6) is 0 Å². The largest absolute Gasteiger partial charge is 0.413 e. The third kappa shape index (κ3) is 3.82. The molecule has 0 radical (unpaired) electrons. The first-order chi connectivity index (χ1) is 11.1. The molecule has 4 nitrogen and oxygen atoms in total. The molecule has 1 aliphatic heterocycles. The lowest BCUT2D eigenvalue weighted by atomic mass is 9.99. The molecule has 1 aliphatic rings. The van der Waals surface area contributed by atoms with Crippen molar-refractivity contribution >= 4 is 11.8 Å². The van der Waals surface area contributed by atoms with Gasteiger partial charge >= 0.3 is 12.2 Å². The van der Waals surface area contributed by atoms with Gasteiger partial charge in [-0.25, -0.2) is 13.6 Å². The van der Waals surface area contributed by atoms with Crippen molar-refractivity contribution in [2.45, 2.75) is 25.6 Å². The summed E-state index contributed by atoms with van der Waals surface area (Å²) in [5.74, 6) is -3.40. The summed E-state index contributed by atoms with van der Waals surface area (Å²) < 4.78 is 67.0. The van der Waals surface area contributed by atoms with Crippen molar-refractivity contribution in [3.63, 3.8) is 0 Å². The maximum atomic E-state index is 13.7. The quantitative estimate of drug-likeness (QED) is 0.833. The number of ketones is 1. The molecule has 24 heavy (non-hydrogen) atoms. The number of carbonyl (C=O) groups is 2. The molecule has 9 heteroatoms. The van der Waals surface area contributed by atoms with Crippen LogP contribution in [0.2, 0.25) is 0 Å². The van der Waals surface area contributed by atoms with Gasteiger partial charge in [-0.2, -0.15) is 13.2 Å². The van der Waals surface area contributed by atoms with Gasteiger partial charge in [-0.15, -0.1) is 0 Å². The number of amides is 2. The van der Waals surface area contributed by atoms with E-state index in [2.05, 4.69) is 0 Å². The molecule has 1 saturated heterocycles. The fourth-order valence-electron chi connectivity index (χ4n) is 2.52. The van der Waals surface area contributed by atoms with Crippen molar-refractivity contribution in [2.75, 3.05) is 13.1 Å². The van der Waals surface area contributed by atoms with E-state index in [0.29, 0.717) is 12.1 Å². The fourth-order valence-corrected chi connectivity index (χ4v) is 2.52. The number of carbonyl (C=O) groups excluding carboxylic acids is 2. The molecule has 0 spiro atoms. The second-order valence-electron chi connectivity index (χ2n) is 5.62. The number of rotatable bonds is 2. The first-order valence-corrected chi connectivity index (χ1v) is 7.20. The van der Waals surface area contributed by atoms with Crippen LogP contribution in [0.1, 0.15) is 24.9 Å². The Morgan fingerprint density at radius 1 is 1.29 bits per heavy atom. The van der Waals surface area contributed by atoms with Crippen molar-refractivity contribution < 1.29 is 31.5 Å². The minimum Gasteiger partial charge on any atom is -0.324 e. The lowest BCUT2D eigenvalue weighted by Crippen LogP contribution is -2.50. The van der Waals surface area contributed by atoms with Crippen molar-refractivity contribution in [1.82, 2.24) is 10.2 Å². The molecule has 0 saturated carbocycles. The summed E-state index contributed by atoms with van der Waals surface area (Å²) >= 11 is 0. The zero-order valence-electron chi connectivity index (χ0n) is 12.7. The summed E-state index contributed by atoms with van der Waals surface area (Å²) in [6.07, 6.45) is -5.06. The first-order valence-electron chi connectivity index (χ1n) is 7.20. The van der Waals surface area contributed by atoms with Gasteiger partial charge in [0.2, 0.25) is 0 Å². The average Bonchev–Trinajstić information content (AvgIpc) is 2.47. The van der Waals surface area contributed by atoms with Crippen LogP contribution < -0.4 is 5.32 Å². The molecule has 1 fully saturated rings. The number of benzene rings is 1. The summed E-state index contributed by atoms with van der Waals surface area (Å²) in [5, 5.41) is 1.63. The summed E-state index contributed by atoms with van der Waals surface area (Å²) in [7, 11) is 0. The highest BCUT2D eigenvalue weighted by atomic mass is 19.4. The van der Waals surface area contributed by atoms with Crippen molar-refractivity contribution in [2.24, 2.45) is 5.92 Å². The highest BCUT2D eigenvalue weighted by molar-refractivity contribution is 5.84. The van der Waals surface area contributed by atoms with Gasteiger partial charge in [0.25, 0.3) is 0 Å². The Morgan fingerprint density at radius 2 is 1.88 bits per heavy atom. The Kier molecular flexibility index (Phi) is 5.10. The van der Waals surface area contributed by atoms with Crippen LogP contribution in [0.3, 0.4) is 0 Å². The fraction of sp³-hybridized carbons (Fsp3) is 0.467. The van der Waals surface area contributed by atoms with E-state index in [0.717, 1.165) is 11.0 Å². The van der Waals surface area contributed by atoms with Crippen LogP contribution in [0, 0.1) is 17.6 Å². The smallest absolute Gasteiger partial charge is 0.324 e. The molecular weight excluding hydrogens is 335 g/mol. The van der Waals surface area contributed by atoms with Crippen LogP contribution in [0.15, 0.2) is 18.2 Å². The van der Waals surface area contributed by atoms with Gasteiger partial charge in [0, 0.05) is 25.4 Å². The normalized spacial score (nSPS) is 20.0. The van der Waals surface area contributed by atoms with E-state index < -0.39 is 41.4 Å². The summed E-state index contributed by atoms with van der Waals surface area (Å²) in [5.41, 5.74) is -1.26. The number of alkyl halides is 3. The number of nitrogens with one attached hydrogen (secondary N) is 1. The maximum absolute atomic E-state index is 13.7. The van der Waals surface area contributed by atoms with Crippen LogP contribution in [0.25, 0.3) is 0 Å². The van der Waals surface area contributed by atoms with E-state index in [1.165, 1.54) is 0 Å². The standard InChI is InChI=1S/C15H15F5N2O2/c1-8-7-22(6-5-11(8)23)14(24)21-13(15(18,19)20)12-9(16)3-2-4-10(12)17/h2-4,8,13H,5-7H2,1H3,(H,21,24)/t8-,13+/m0/s1. The number of Topliss-reactive ketones (excluding diaryl/α,β-unsaturated/α-hetero) is 1. The van der Waals surface area contributed by atoms with Crippen LogP contribution in [-0.2, 0) is 4.79 Å². The van der Waals surface area contributed by atoms with E-state index in [4.69, 9.17) is 0 Å². The zero-order valence-corrected chi connectivity index (χ0v) is 12.7. The Morgan fingerprint density at radius 3 is 2.38 bits per heavy atom. The average molecular weight is 350 g/mol. The lowest BCUT2D eigenvalue weighted by Gasteiger charge is -2.32. The van der Waals surface area contributed by atoms with Gasteiger partial charge in [0.15, 0.2) is 6.04 Å². The Balaban J connectivity index is 2.24. The predicted octanol–water partition coefficient (Wildman–Crippen LogP) is 3.19. The van der Waals surface area contributed by atoms with Crippen LogP contribution >= 0.6 is 0 Å². The minimum absolute atomic E-state index is 0.0271. The summed E-state index contributed by atoms with van der Waals surface area (Å²) in [6.45, 7) is 1.47. The Bertz CT molecular complexity index is 627. The molecule has 2 amide bonds. The number of urea groups is 1. The van der Waals surface area contributed by atoms with Crippen LogP contribution in [-0.4, -0.2) is 36.0 Å². The van der Waals surface area contributed by atoms with Gasteiger partial charge in [-0.3, -0.25) is 4.79 Å². The van der Waals surface area contributed by atoms with E-state index in [9.17, 15) is 31.5 Å². The van der Waals surface area contributed by atoms with Gasteiger partial charge in [-0.1, -0.05) is 13.0 Å². The molecule has 0 aromatic heterocycles. The monoisotopic (exact) mass is 350 g/mol. The van der Waals surface area contributed by atoms with E-state index in [-0.39, 0.29) is 25.3 Å². The van der Waals surface area contributed by atoms with E-state index >= 15 is 0 Å². The first kappa shape index (κ1) is 18.2. The van der Waals surface area contributed by atoms with Crippen molar-refractivity contribution in [3.8, 4) is 0 Å². The molecule has 0 unspecified atom stereocenters. The Labute approximate surface area is 134 Å². The molecule has 1 N–H and O–H groups in total. The third-order valence-corrected chi connectivity index (χ3v) is 3.84. The van der Waals surface area contributed by atoms with Crippen LogP contribution in [0.4, 0.5) is 26.7 Å². The molecular formula is C15H15F5N2O2. The summed E-state index contributed by atoms with van der Waals surface area (Å²) in [6, 6.07) is -1.64. The molecule has 1 aromatic rings. The van der Waals surface area contributed by atoms with E-state index in [1.807, 2.05) is 0 Å². The SMILES string of the molecule is C[C@H]1CN(C(=O)N[C@H](c2c(F)cccc2F)C(F)(F)F)CCC1=O. The molecule has 0 bridgehead atoms. The zero-order chi connectivity index (χ0) is 18.1. The second kappa shape index (κ2) is 6.74. The van der Waals surface area contributed by atoms with Crippen molar-refractivity contribution in [1.29, 1.82) is 0 Å². The number of hydrogen-bond donors (Lipinski definition) is 1. The predicted molar refractivity (Wildman–Crippen MR) is 74.0 cm³/mol. The molecule has 1 aromatic carbocycles. The number of nitrogens with zero attached hydrogens (tertiary/aromatic N) is 1. The summed E-state index contributed by atoms with van der Waals surface area (Å²) in [4.78, 5) is 24.5. The minimum atomic E-state index is -5.09. The van der Waals surface area contributed by atoms with E-state index in [1.54, 1.807) is 12.2 Å². The van der Waals surface area contributed by atoms with Gasteiger partial charge in [0.1, 0.15) is 17.4 Å². The number of piperidine rings is 1. The molecule has 2 atom stereocenters. The van der Waals surface area contributed by atoms with Gasteiger partial charge in [-0.05, 0) is 12.1 Å². The topological polar surface area (TPSA) is 49.4 Å². The molecule has 2 rings (SSSR count). The number of hydrogen-bond acceptors (Lipinski definition) is 2. The van der Waals surface area contributed by atoms with Gasteiger partial charge < -0.3 is 10.2 Å². The molecule has 132 valence electrons. The number of likely N-dealkylation sites (tertiary alicyclic amines) is 1. The maximum Gasteiger partial charge on any atom is 0.413 e. The third-order valence-electron chi connectivity index (χ3n) is 3.84. The second-order valence-corrected chi connectivity index (χ2v) is 5.62. The lowest BCUT2D eigenvalue weighted by molar-refractivity contribution is -0.156. The highest BCUT2D eigenvalue weighted by Crippen LogP contribution is 2.35. The van der Waals surface area contributed by atoms with Gasteiger partial charge in [0.05, 0.1) is 5.56 Å². The molecule has 0 aliphatic carbocycles. The number of halogens is 5.